The normalized spacial score (nSPS) is 15.5. The van der Waals surface area contributed by atoms with Gasteiger partial charge in [-0.3, -0.25) is 4.90 Å². The number of ether oxygens (including phenoxy) is 1. The molecule has 0 saturated carbocycles. The first-order chi connectivity index (χ1) is 10.4. The molecule has 123 valence electrons. The van der Waals surface area contributed by atoms with E-state index in [-0.39, 0.29) is 0 Å². The van der Waals surface area contributed by atoms with Crippen molar-refractivity contribution in [2.45, 2.75) is 4.90 Å². The van der Waals surface area contributed by atoms with Crippen LogP contribution in [0, 0.1) is 0 Å². The third-order valence-electron chi connectivity index (χ3n) is 3.00. The molecule has 3 nitrogen and oxygen atoms in total. The fourth-order valence-electron chi connectivity index (χ4n) is 1.94. The monoisotopic (exact) mass is 395 g/mol. The Bertz CT molecular complexity index is 343. The van der Waals surface area contributed by atoms with Gasteiger partial charge in [0.15, 0.2) is 0 Å². The number of benzene rings is 1. The fraction of sp³-hybridized carbons (Fsp3) is 0.571. The summed E-state index contributed by atoms with van der Waals surface area (Å²) in [6, 6.07) is 10.6. The predicted molar refractivity (Wildman–Crippen MR) is 89.0 cm³/mol. The van der Waals surface area contributed by atoms with Crippen LogP contribution in [0.1, 0.15) is 0 Å². The van der Waals surface area contributed by atoms with Crippen LogP contribution in [0.15, 0.2) is 35.2 Å². The van der Waals surface area contributed by atoms with Crippen LogP contribution in [-0.2, 0) is 17.6 Å². The van der Waals surface area contributed by atoms with Crippen LogP contribution in [0.4, 0.5) is 0 Å². The molecule has 1 fully saturated rings. The van der Waals surface area contributed by atoms with E-state index >= 15 is 0 Å². The molecule has 1 saturated heterocycles. The van der Waals surface area contributed by atoms with Crippen LogP contribution in [-0.4, -0.2) is 56.6 Å². The molecule has 0 unspecified atom stereocenters. The van der Waals surface area contributed by atoms with Gasteiger partial charge in [-0.15, -0.1) is 11.8 Å². The first-order valence-corrected chi connectivity index (χ1v) is 10.7. The van der Waals surface area contributed by atoms with Gasteiger partial charge in [0.05, 0.1) is 13.2 Å². The molecular formula is C14H22Cl2CoN2OS. The first-order valence-electron chi connectivity index (χ1n) is 6.89. The van der Waals surface area contributed by atoms with Crippen molar-refractivity contribution in [3.05, 3.63) is 30.3 Å². The van der Waals surface area contributed by atoms with E-state index in [1.165, 1.54) is 4.90 Å². The summed E-state index contributed by atoms with van der Waals surface area (Å²) in [6.07, 6.45) is 0. The number of morpholine rings is 1. The topological polar surface area (TPSA) is 24.5 Å². The third kappa shape index (κ3) is 10.8. The van der Waals surface area contributed by atoms with Gasteiger partial charge in [-0.25, -0.2) is 0 Å². The van der Waals surface area contributed by atoms with Crippen LogP contribution in [0.5, 0.6) is 0 Å². The standard InChI is InChI=1S/C14H22N2OS.2ClH.Co/c1-2-4-14(5-3-1)18-13-7-15-6-8-16-9-11-17-12-10-16;;;/h1-5,15H,6-13H2;2*1H;/q;;;+2/p-2. The summed E-state index contributed by atoms with van der Waals surface area (Å²) in [5, 5.41) is 3.50. The Hall–Kier alpha value is 0.536. The van der Waals surface area contributed by atoms with Crippen molar-refractivity contribution in [2.24, 2.45) is 0 Å². The van der Waals surface area contributed by atoms with E-state index in [9.17, 15) is 0 Å². The van der Waals surface area contributed by atoms with Gasteiger partial charge in [-0.2, -0.15) is 0 Å². The molecule has 1 aromatic carbocycles. The molecule has 1 heterocycles. The van der Waals surface area contributed by atoms with E-state index in [0.29, 0.717) is 12.9 Å². The molecule has 1 N–H and O–H groups in total. The molecule has 2 rings (SSSR count). The summed E-state index contributed by atoms with van der Waals surface area (Å²) in [7, 11) is 9.47. The molecule has 21 heavy (non-hydrogen) atoms. The average molecular weight is 396 g/mol. The van der Waals surface area contributed by atoms with Crippen LogP contribution >= 0.6 is 32.1 Å². The Morgan fingerprint density at radius 3 is 2.48 bits per heavy atom. The second kappa shape index (κ2) is 14.1. The van der Waals surface area contributed by atoms with Gasteiger partial charge >= 0.3 is 33.2 Å². The Morgan fingerprint density at radius 1 is 1.14 bits per heavy atom. The number of hydrogen-bond donors (Lipinski definition) is 1. The fourth-order valence-corrected chi connectivity index (χ4v) is 2.78. The maximum absolute atomic E-state index is 5.33. The van der Waals surface area contributed by atoms with Gasteiger partial charge in [-0.05, 0) is 12.1 Å². The summed E-state index contributed by atoms with van der Waals surface area (Å²) < 4.78 is 5.33. The summed E-state index contributed by atoms with van der Waals surface area (Å²) in [4.78, 5) is 3.81. The Labute approximate surface area is 146 Å². The summed E-state index contributed by atoms with van der Waals surface area (Å²) in [5.74, 6) is 1.13. The van der Waals surface area contributed by atoms with E-state index in [2.05, 4.69) is 40.5 Å². The molecule has 0 aliphatic carbocycles. The number of thioether (sulfide) groups is 1. The summed E-state index contributed by atoms with van der Waals surface area (Å²) >= 11 is 2.29. The Kier molecular flexibility index (Phi) is 13.2. The zero-order chi connectivity index (χ0) is 15.2. The van der Waals surface area contributed by atoms with Crippen molar-refractivity contribution >= 4 is 32.1 Å². The zero-order valence-electron chi connectivity index (χ0n) is 11.9. The van der Waals surface area contributed by atoms with Gasteiger partial charge < -0.3 is 10.1 Å². The molecule has 0 atom stereocenters. The van der Waals surface area contributed by atoms with Gasteiger partial charge in [0, 0.05) is 43.4 Å². The third-order valence-corrected chi connectivity index (χ3v) is 4.01. The quantitative estimate of drug-likeness (QED) is 0.566. The first kappa shape index (κ1) is 19.6. The molecule has 0 aromatic heterocycles. The summed E-state index contributed by atoms with van der Waals surface area (Å²) in [6.45, 7) is 7.24. The smallest absolute Gasteiger partial charge is 0.0594 e. The Balaban J connectivity index is 0.000000677. The second-order valence-corrected chi connectivity index (χ2v) is 7.30. The minimum absolute atomic E-state index is 0.382. The molecule has 0 radical (unpaired) electrons. The molecule has 1 aliphatic rings. The summed E-state index contributed by atoms with van der Waals surface area (Å²) in [5.41, 5.74) is 0. The van der Waals surface area contributed by atoms with Crippen LogP contribution < -0.4 is 5.32 Å². The number of halogens is 2. The minimum atomic E-state index is 0.382. The zero-order valence-corrected chi connectivity index (χ0v) is 15.3. The van der Waals surface area contributed by atoms with Gasteiger partial charge in [0.1, 0.15) is 0 Å². The average Bonchev–Trinajstić information content (AvgIpc) is 2.53. The van der Waals surface area contributed by atoms with Crippen molar-refractivity contribution in [3.8, 4) is 0 Å². The maximum Gasteiger partial charge on any atom is 0.0594 e. The van der Waals surface area contributed by atoms with Crippen molar-refractivity contribution in [1.29, 1.82) is 0 Å². The predicted octanol–water partition coefficient (Wildman–Crippen LogP) is 3.08. The molecule has 0 amide bonds. The molecule has 0 spiro atoms. The molecule has 7 heteroatoms. The molecule has 0 bridgehead atoms. The molecule has 1 aromatic rings. The van der Waals surface area contributed by atoms with Crippen LogP contribution in [0.2, 0.25) is 0 Å². The van der Waals surface area contributed by atoms with E-state index in [1.54, 1.807) is 0 Å². The van der Waals surface area contributed by atoms with Gasteiger partial charge in [0.2, 0.25) is 0 Å². The largest absolute Gasteiger partial charge is 0.379 e. The van der Waals surface area contributed by atoms with Crippen LogP contribution in [0.25, 0.3) is 0 Å². The second-order valence-electron chi connectivity index (χ2n) is 4.41. The SMILES string of the molecule is [Cl][Co][Cl].c1ccc(SCCNCCN2CCOCC2)cc1. The van der Waals surface area contributed by atoms with E-state index < -0.39 is 0 Å². The van der Waals surface area contributed by atoms with Crippen molar-refractivity contribution in [2.75, 3.05) is 51.7 Å². The van der Waals surface area contributed by atoms with Gasteiger partial charge in [0.25, 0.3) is 0 Å². The van der Waals surface area contributed by atoms with E-state index in [4.69, 9.17) is 25.0 Å². The number of hydrogen-bond acceptors (Lipinski definition) is 4. The number of nitrogens with one attached hydrogen (secondary N) is 1. The van der Waals surface area contributed by atoms with Crippen molar-refractivity contribution in [3.63, 3.8) is 0 Å². The molecular weight excluding hydrogens is 374 g/mol. The van der Waals surface area contributed by atoms with Crippen molar-refractivity contribution in [1.82, 2.24) is 10.2 Å². The number of nitrogens with zero attached hydrogens (tertiary/aromatic N) is 1. The minimum Gasteiger partial charge on any atom is -0.379 e. The van der Waals surface area contributed by atoms with E-state index in [1.807, 2.05) is 11.8 Å². The van der Waals surface area contributed by atoms with E-state index in [0.717, 1.165) is 51.7 Å². The van der Waals surface area contributed by atoms with Crippen molar-refractivity contribution < 1.29 is 17.6 Å². The maximum atomic E-state index is 5.33. The van der Waals surface area contributed by atoms with Gasteiger partial charge in [-0.1, -0.05) is 18.2 Å². The Morgan fingerprint density at radius 2 is 1.81 bits per heavy atom. The van der Waals surface area contributed by atoms with Crippen LogP contribution in [0.3, 0.4) is 0 Å². The number of rotatable bonds is 7. The molecule has 1 aliphatic heterocycles.